The van der Waals surface area contributed by atoms with Crippen LogP contribution in [0.5, 0.6) is 11.5 Å². The van der Waals surface area contributed by atoms with Crippen molar-refractivity contribution in [3.63, 3.8) is 0 Å². The zero-order chi connectivity index (χ0) is 14.7. The van der Waals surface area contributed by atoms with Gasteiger partial charge in [0.05, 0.1) is 17.3 Å². The molecule has 0 saturated heterocycles. The number of aryl methyl sites for hydroxylation is 1. The van der Waals surface area contributed by atoms with E-state index in [1.54, 1.807) is 7.11 Å². The van der Waals surface area contributed by atoms with Crippen molar-refractivity contribution in [2.45, 2.75) is 13.5 Å². The molecule has 3 nitrogen and oxygen atoms in total. The highest BCUT2D eigenvalue weighted by atomic mass is 79.9. The molecule has 0 spiro atoms. The summed E-state index contributed by atoms with van der Waals surface area (Å²) in [6.45, 7) is 2.42. The van der Waals surface area contributed by atoms with Crippen LogP contribution in [0.1, 0.15) is 11.1 Å². The van der Waals surface area contributed by atoms with Gasteiger partial charge in [0, 0.05) is 22.6 Å². The first-order valence-corrected chi connectivity index (χ1v) is 7.66. The van der Waals surface area contributed by atoms with Gasteiger partial charge >= 0.3 is 0 Å². The molecule has 0 fully saturated rings. The molecule has 0 aliphatic carbocycles. The van der Waals surface area contributed by atoms with Crippen molar-refractivity contribution >= 4 is 37.5 Å². The Kier molecular flexibility index (Phi) is 4.94. The molecule has 2 aromatic carbocycles. The molecule has 106 valence electrons. The minimum absolute atomic E-state index is 0.334. The predicted molar refractivity (Wildman–Crippen MR) is 88.6 cm³/mol. The largest absolute Gasteiger partial charge is 0.507 e. The molecule has 0 aliphatic rings. The normalized spacial score (nSPS) is 10.4. The monoisotopic (exact) mass is 399 g/mol. The standard InChI is InChI=1S/C15H15Br2NO2/c1-9-4-3-5-10(15(9)19)8-18-13-7-14(20-2)12(17)6-11(13)16/h3-7,18-19H,8H2,1-2H3. The fourth-order valence-corrected chi connectivity index (χ4v) is 3.17. The molecule has 0 radical (unpaired) electrons. The number of rotatable bonds is 4. The van der Waals surface area contributed by atoms with Crippen molar-refractivity contribution in [1.29, 1.82) is 0 Å². The summed E-state index contributed by atoms with van der Waals surface area (Å²) in [5.74, 6) is 1.09. The van der Waals surface area contributed by atoms with Gasteiger partial charge in [0.15, 0.2) is 0 Å². The van der Waals surface area contributed by atoms with Crippen molar-refractivity contribution < 1.29 is 9.84 Å². The third-order valence-electron chi connectivity index (χ3n) is 3.03. The second kappa shape index (κ2) is 6.50. The average Bonchev–Trinajstić information content (AvgIpc) is 2.42. The molecular formula is C15H15Br2NO2. The number of hydrogen-bond donors (Lipinski definition) is 2. The molecular weight excluding hydrogens is 386 g/mol. The first-order valence-electron chi connectivity index (χ1n) is 6.07. The van der Waals surface area contributed by atoms with E-state index in [1.165, 1.54) is 0 Å². The van der Waals surface area contributed by atoms with E-state index >= 15 is 0 Å². The highest BCUT2D eigenvalue weighted by Crippen LogP contribution is 2.35. The highest BCUT2D eigenvalue weighted by molar-refractivity contribution is 9.11. The molecule has 0 atom stereocenters. The molecule has 0 bridgehead atoms. The van der Waals surface area contributed by atoms with Gasteiger partial charge in [-0.2, -0.15) is 0 Å². The van der Waals surface area contributed by atoms with Gasteiger partial charge in [-0.25, -0.2) is 0 Å². The van der Waals surface area contributed by atoms with Gasteiger partial charge in [-0.05, 0) is 50.4 Å². The average molecular weight is 401 g/mol. The Bertz CT molecular complexity index is 630. The molecule has 0 saturated carbocycles. The first-order chi connectivity index (χ1) is 9.52. The number of anilines is 1. The summed E-state index contributed by atoms with van der Waals surface area (Å²) in [5, 5.41) is 13.3. The van der Waals surface area contributed by atoms with Crippen LogP contribution in [0.15, 0.2) is 39.3 Å². The molecule has 0 aliphatic heterocycles. The Labute approximate surface area is 135 Å². The summed E-state index contributed by atoms with van der Waals surface area (Å²) in [4.78, 5) is 0. The van der Waals surface area contributed by atoms with Crippen LogP contribution < -0.4 is 10.1 Å². The summed E-state index contributed by atoms with van der Waals surface area (Å²) in [7, 11) is 1.63. The maximum Gasteiger partial charge on any atom is 0.135 e. The summed E-state index contributed by atoms with van der Waals surface area (Å²) >= 11 is 6.94. The van der Waals surface area contributed by atoms with E-state index in [9.17, 15) is 5.11 Å². The number of phenols is 1. The van der Waals surface area contributed by atoms with Crippen LogP contribution in [0.3, 0.4) is 0 Å². The van der Waals surface area contributed by atoms with Gasteiger partial charge in [0.25, 0.3) is 0 Å². The van der Waals surface area contributed by atoms with Crippen molar-refractivity contribution in [3.05, 3.63) is 50.4 Å². The van der Waals surface area contributed by atoms with E-state index in [0.29, 0.717) is 12.3 Å². The van der Waals surface area contributed by atoms with Crippen molar-refractivity contribution in [1.82, 2.24) is 0 Å². The first kappa shape index (κ1) is 15.2. The number of nitrogens with one attached hydrogen (secondary N) is 1. The molecule has 5 heteroatoms. The van der Waals surface area contributed by atoms with Crippen LogP contribution in [-0.2, 0) is 6.54 Å². The zero-order valence-electron chi connectivity index (χ0n) is 11.2. The van der Waals surface area contributed by atoms with Gasteiger partial charge in [-0.15, -0.1) is 0 Å². The Morgan fingerprint density at radius 3 is 2.65 bits per heavy atom. The molecule has 2 aromatic rings. The summed E-state index contributed by atoms with van der Waals surface area (Å²) in [6.07, 6.45) is 0. The lowest BCUT2D eigenvalue weighted by atomic mass is 10.1. The summed E-state index contributed by atoms with van der Waals surface area (Å²) in [6, 6.07) is 9.55. The van der Waals surface area contributed by atoms with Crippen LogP contribution in [-0.4, -0.2) is 12.2 Å². The number of ether oxygens (including phenoxy) is 1. The quantitative estimate of drug-likeness (QED) is 0.770. The number of aromatic hydroxyl groups is 1. The minimum atomic E-state index is 0.334. The van der Waals surface area contributed by atoms with E-state index in [-0.39, 0.29) is 0 Å². The van der Waals surface area contributed by atoms with Crippen LogP contribution in [0.25, 0.3) is 0 Å². The van der Waals surface area contributed by atoms with Crippen LogP contribution >= 0.6 is 31.9 Å². The third kappa shape index (κ3) is 3.27. The second-order valence-electron chi connectivity index (χ2n) is 4.40. The predicted octanol–water partition coefficient (Wildman–Crippen LogP) is 4.85. The fourth-order valence-electron chi connectivity index (χ4n) is 1.87. The molecule has 0 heterocycles. The number of methoxy groups -OCH3 is 1. The van der Waals surface area contributed by atoms with Gasteiger partial charge in [0.2, 0.25) is 0 Å². The lowest BCUT2D eigenvalue weighted by molar-refractivity contribution is 0.412. The topological polar surface area (TPSA) is 41.5 Å². The van der Waals surface area contributed by atoms with E-state index in [4.69, 9.17) is 4.74 Å². The third-order valence-corrected chi connectivity index (χ3v) is 4.31. The molecule has 0 unspecified atom stereocenters. The lowest BCUT2D eigenvalue weighted by Gasteiger charge is -2.13. The van der Waals surface area contributed by atoms with Crippen LogP contribution in [0.4, 0.5) is 5.69 Å². The molecule has 2 rings (SSSR count). The van der Waals surface area contributed by atoms with Crippen molar-refractivity contribution in [2.75, 3.05) is 12.4 Å². The number of benzene rings is 2. The molecule has 0 aromatic heterocycles. The Balaban J connectivity index is 2.21. The van der Waals surface area contributed by atoms with E-state index < -0.39 is 0 Å². The number of para-hydroxylation sites is 1. The number of hydrogen-bond acceptors (Lipinski definition) is 3. The fraction of sp³-hybridized carbons (Fsp3) is 0.200. The smallest absolute Gasteiger partial charge is 0.135 e. The molecule has 20 heavy (non-hydrogen) atoms. The zero-order valence-corrected chi connectivity index (χ0v) is 14.4. The SMILES string of the molecule is COc1cc(NCc2cccc(C)c2O)c(Br)cc1Br. The van der Waals surface area contributed by atoms with Crippen LogP contribution in [0.2, 0.25) is 0 Å². The Morgan fingerprint density at radius 2 is 1.95 bits per heavy atom. The van der Waals surface area contributed by atoms with Gasteiger partial charge in [-0.1, -0.05) is 18.2 Å². The Hall–Kier alpha value is -1.20. The van der Waals surface area contributed by atoms with Gasteiger partial charge in [0.1, 0.15) is 11.5 Å². The summed E-state index contributed by atoms with van der Waals surface area (Å²) in [5.41, 5.74) is 2.64. The van der Waals surface area contributed by atoms with E-state index in [0.717, 1.165) is 31.5 Å². The van der Waals surface area contributed by atoms with Crippen molar-refractivity contribution in [2.24, 2.45) is 0 Å². The maximum atomic E-state index is 10.0. The maximum absolute atomic E-state index is 10.0. The van der Waals surface area contributed by atoms with Crippen molar-refractivity contribution in [3.8, 4) is 11.5 Å². The number of phenolic OH excluding ortho intramolecular Hbond substituents is 1. The minimum Gasteiger partial charge on any atom is -0.507 e. The van der Waals surface area contributed by atoms with E-state index in [1.807, 2.05) is 37.3 Å². The highest BCUT2D eigenvalue weighted by Gasteiger charge is 2.08. The lowest BCUT2D eigenvalue weighted by Crippen LogP contribution is -2.01. The number of halogens is 2. The summed E-state index contributed by atoms with van der Waals surface area (Å²) < 4.78 is 7.09. The second-order valence-corrected chi connectivity index (χ2v) is 6.11. The molecule has 2 N–H and O–H groups in total. The Morgan fingerprint density at radius 1 is 1.20 bits per heavy atom. The van der Waals surface area contributed by atoms with Gasteiger partial charge in [-0.3, -0.25) is 0 Å². The molecule has 0 amide bonds. The van der Waals surface area contributed by atoms with Gasteiger partial charge < -0.3 is 15.2 Å². The van der Waals surface area contributed by atoms with Crippen LogP contribution in [0, 0.1) is 6.92 Å². The van der Waals surface area contributed by atoms with E-state index in [2.05, 4.69) is 37.2 Å².